The van der Waals surface area contributed by atoms with Gasteiger partial charge in [-0.05, 0) is 117 Å². The quantitative estimate of drug-likeness (QED) is 0.107. The predicted molar refractivity (Wildman–Crippen MR) is 216 cm³/mol. The van der Waals surface area contributed by atoms with E-state index in [2.05, 4.69) is 84.7 Å². The first-order valence-electron chi connectivity index (χ1n) is 17.8. The zero-order valence-corrected chi connectivity index (χ0v) is 33.3. The third-order valence-corrected chi connectivity index (χ3v) is 11.7. The number of nitrogens with zero attached hydrogens (tertiary/aromatic N) is 12. The lowest BCUT2D eigenvalue weighted by atomic mass is 10.1. The molecule has 0 saturated heterocycles. The molecule has 0 bridgehead atoms. The molecular formula is C40H38N12O2S2. The largest absolute Gasteiger partial charge is 0.497 e. The third kappa shape index (κ3) is 7.40. The van der Waals surface area contributed by atoms with Crippen LogP contribution in [0.3, 0.4) is 0 Å². The van der Waals surface area contributed by atoms with Crippen molar-refractivity contribution >= 4 is 21.6 Å². The predicted octanol–water partition coefficient (Wildman–Crippen LogP) is 7.51. The second kappa shape index (κ2) is 15.8. The minimum Gasteiger partial charge on any atom is -0.497 e. The normalized spacial score (nSPS) is 11.3. The molecule has 0 unspecified atom stereocenters. The highest BCUT2D eigenvalue weighted by Gasteiger charge is 2.26. The van der Waals surface area contributed by atoms with Crippen molar-refractivity contribution in [2.75, 3.05) is 14.2 Å². The molecule has 4 heterocycles. The van der Waals surface area contributed by atoms with Gasteiger partial charge in [-0.1, -0.05) is 60.7 Å². The number of aryl methyl sites for hydroxylation is 4. The van der Waals surface area contributed by atoms with Gasteiger partial charge in [0.25, 0.3) is 0 Å². The molecule has 0 fully saturated rings. The van der Waals surface area contributed by atoms with Crippen LogP contribution in [0.1, 0.15) is 33.4 Å². The maximum atomic E-state index is 5.32. The molecule has 56 heavy (non-hydrogen) atoms. The zero-order chi connectivity index (χ0) is 38.8. The van der Waals surface area contributed by atoms with E-state index in [0.29, 0.717) is 24.7 Å². The second-order valence-electron chi connectivity index (χ2n) is 13.2. The summed E-state index contributed by atoms with van der Waals surface area (Å²) in [5.74, 6) is 2.50. The van der Waals surface area contributed by atoms with Gasteiger partial charge in [0.1, 0.15) is 21.6 Å². The van der Waals surface area contributed by atoms with Crippen molar-refractivity contribution in [2.45, 2.75) is 50.8 Å². The summed E-state index contributed by atoms with van der Waals surface area (Å²) in [5, 5.41) is 38.9. The van der Waals surface area contributed by atoms with E-state index in [-0.39, 0.29) is 0 Å². The summed E-state index contributed by atoms with van der Waals surface area (Å²) in [4.78, 5) is 3.17. The van der Waals surface area contributed by atoms with Crippen LogP contribution in [0.25, 0.3) is 34.2 Å². The van der Waals surface area contributed by atoms with Gasteiger partial charge in [-0.25, -0.2) is 9.36 Å². The number of ether oxygens (including phenoxy) is 2. The molecule has 0 aliphatic carbocycles. The Hall–Kier alpha value is -6.26. The fraction of sp³-hybridized carbons (Fsp3) is 0.200. The minimum absolute atomic E-state index is 0.448. The summed E-state index contributed by atoms with van der Waals surface area (Å²) in [7, 11) is 6.37. The van der Waals surface area contributed by atoms with Gasteiger partial charge >= 0.3 is 0 Å². The average molecular weight is 783 g/mol. The van der Waals surface area contributed by atoms with E-state index in [1.54, 1.807) is 36.2 Å². The summed E-state index contributed by atoms with van der Waals surface area (Å²) < 4.78 is 14.6. The highest BCUT2D eigenvalue weighted by Crippen LogP contribution is 2.46. The van der Waals surface area contributed by atoms with E-state index in [4.69, 9.17) is 29.9 Å². The molecule has 0 atom stereocenters. The summed E-state index contributed by atoms with van der Waals surface area (Å²) in [6.45, 7) is 9.24. The van der Waals surface area contributed by atoms with Gasteiger partial charge in [-0.15, -0.1) is 20.4 Å². The van der Waals surface area contributed by atoms with Gasteiger partial charge in [0, 0.05) is 0 Å². The molecule has 8 aromatic rings. The first-order valence-corrected chi connectivity index (χ1v) is 19.9. The molecule has 282 valence electrons. The van der Waals surface area contributed by atoms with Gasteiger partial charge in [0.15, 0.2) is 0 Å². The highest BCUT2D eigenvalue weighted by atomic mass is 33.1. The fourth-order valence-electron chi connectivity index (χ4n) is 6.44. The Morgan fingerprint density at radius 2 is 0.893 bits per heavy atom. The lowest BCUT2D eigenvalue weighted by Crippen LogP contribution is -2.05. The van der Waals surface area contributed by atoms with E-state index in [0.717, 1.165) is 77.4 Å². The molecule has 0 spiro atoms. The lowest BCUT2D eigenvalue weighted by molar-refractivity contribution is 0.414. The molecule has 14 nitrogen and oxygen atoms in total. The summed E-state index contributed by atoms with van der Waals surface area (Å²) in [6, 6.07) is 28.1. The van der Waals surface area contributed by atoms with Crippen molar-refractivity contribution in [3.05, 3.63) is 131 Å². The Morgan fingerprint density at radius 3 is 1.25 bits per heavy atom. The smallest absolute Gasteiger partial charge is 0.209 e. The monoisotopic (exact) mass is 782 g/mol. The molecule has 4 aromatic heterocycles. The average Bonchev–Trinajstić information content (AvgIpc) is 4.02. The van der Waals surface area contributed by atoms with Crippen LogP contribution >= 0.6 is 21.6 Å². The van der Waals surface area contributed by atoms with Crippen LogP contribution in [-0.2, 0) is 13.1 Å². The van der Waals surface area contributed by atoms with Crippen molar-refractivity contribution in [3.8, 4) is 45.6 Å². The summed E-state index contributed by atoms with van der Waals surface area (Å²) >= 11 is 0. The SMILES string of the molecule is COc1ccc(Cn2nnc(-c3cnn(-c4c(C)cccc4C)c3SSc3c(-c4nnn(Cc5ccc(OC)cc5)n4)cnn3-c3c(C)cccc3C)n2)cc1. The van der Waals surface area contributed by atoms with E-state index in [9.17, 15) is 0 Å². The molecule has 8 rings (SSSR count). The second-order valence-corrected chi connectivity index (χ2v) is 15.3. The van der Waals surface area contributed by atoms with Crippen LogP contribution in [0.5, 0.6) is 11.5 Å². The number of methoxy groups -OCH3 is 2. The van der Waals surface area contributed by atoms with Gasteiger partial charge in [-0.2, -0.15) is 19.8 Å². The number of rotatable bonds is 13. The standard InChI is InChI=1S/C40H38N12O2S2/c1-25-9-7-10-26(2)35(25)51-39(33(21-41-51)37-43-47-49(45-37)23-29-13-17-31(53-5)18-14-29)55-56-40-34(22-42-52(40)36-27(3)11-8-12-28(36)4)38-44-48-50(46-38)24-30-15-19-32(54-6)20-16-30/h7-22H,23-24H2,1-6H3. The first-order chi connectivity index (χ1) is 27.3. The van der Waals surface area contributed by atoms with Crippen LogP contribution in [0.2, 0.25) is 0 Å². The van der Waals surface area contributed by atoms with Gasteiger partial charge in [0.2, 0.25) is 11.6 Å². The van der Waals surface area contributed by atoms with Crippen molar-refractivity contribution in [1.29, 1.82) is 0 Å². The molecule has 0 N–H and O–H groups in total. The Labute approximate surface area is 331 Å². The number of tetrazole rings is 2. The molecule has 0 amide bonds. The number of hydrogen-bond donors (Lipinski definition) is 0. The fourth-order valence-corrected chi connectivity index (χ4v) is 8.92. The maximum absolute atomic E-state index is 5.32. The number of para-hydroxylation sites is 2. The van der Waals surface area contributed by atoms with Crippen LogP contribution in [0, 0.1) is 27.7 Å². The van der Waals surface area contributed by atoms with Crippen LogP contribution < -0.4 is 9.47 Å². The van der Waals surface area contributed by atoms with Gasteiger partial charge in [0.05, 0.1) is 62.2 Å². The van der Waals surface area contributed by atoms with Crippen molar-refractivity contribution in [2.24, 2.45) is 0 Å². The Bertz CT molecular complexity index is 2410. The van der Waals surface area contributed by atoms with Crippen LogP contribution in [0.15, 0.2) is 107 Å². The van der Waals surface area contributed by atoms with Gasteiger partial charge in [-0.3, -0.25) is 0 Å². The summed E-state index contributed by atoms with van der Waals surface area (Å²) in [6.07, 6.45) is 3.61. The number of aromatic nitrogens is 12. The van der Waals surface area contributed by atoms with Crippen LogP contribution in [0.4, 0.5) is 0 Å². The molecule has 0 radical (unpaired) electrons. The Balaban J connectivity index is 1.18. The topological polar surface area (TPSA) is 141 Å². The highest BCUT2D eigenvalue weighted by molar-refractivity contribution is 8.76. The number of benzene rings is 4. The van der Waals surface area contributed by atoms with E-state index < -0.39 is 0 Å². The van der Waals surface area contributed by atoms with Crippen molar-refractivity contribution in [3.63, 3.8) is 0 Å². The number of hydrogen-bond acceptors (Lipinski definition) is 12. The molecule has 16 heteroatoms. The molecular weight excluding hydrogens is 745 g/mol. The summed E-state index contributed by atoms with van der Waals surface area (Å²) in [5.41, 5.74) is 9.84. The Kier molecular flexibility index (Phi) is 10.4. The van der Waals surface area contributed by atoms with Crippen LogP contribution in [-0.4, -0.2) is 74.2 Å². The molecule has 0 saturated carbocycles. The lowest BCUT2D eigenvalue weighted by Gasteiger charge is -2.15. The zero-order valence-electron chi connectivity index (χ0n) is 31.7. The van der Waals surface area contributed by atoms with Crippen molar-refractivity contribution < 1.29 is 9.47 Å². The van der Waals surface area contributed by atoms with E-state index in [1.165, 1.54) is 21.6 Å². The van der Waals surface area contributed by atoms with Gasteiger partial charge < -0.3 is 9.47 Å². The molecule has 4 aromatic carbocycles. The Morgan fingerprint density at radius 1 is 0.518 bits per heavy atom. The van der Waals surface area contributed by atoms with Crippen molar-refractivity contribution in [1.82, 2.24) is 60.0 Å². The first kappa shape index (κ1) is 36.7. The van der Waals surface area contributed by atoms with E-state index in [1.807, 2.05) is 57.9 Å². The molecule has 0 aliphatic heterocycles. The maximum Gasteiger partial charge on any atom is 0.209 e. The van der Waals surface area contributed by atoms with E-state index >= 15 is 0 Å². The molecule has 0 aliphatic rings. The third-order valence-electron chi connectivity index (χ3n) is 9.31. The minimum atomic E-state index is 0.448.